The van der Waals surface area contributed by atoms with Crippen molar-refractivity contribution in [1.82, 2.24) is 10.3 Å². The van der Waals surface area contributed by atoms with Crippen molar-refractivity contribution < 1.29 is 27.8 Å². The number of rotatable bonds is 13. The number of halogens is 2. The summed E-state index contributed by atoms with van der Waals surface area (Å²) in [4.78, 5) is 20.1. The lowest BCUT2D eigenvalue weighted by Gasteiger charge is -2.33. The largest absolute Gasteiger partial charge is 0.489 e. The van der Waals surface area contributed by atoms with Crippen molar-refractivity contribution in [3.8, 4) is 17.2 Å². The monoisotopic (exact) mass is 567 g/mol. The summed E-state index contributed by atoms with van der Waals surface area (Å²) in [5.41, 5.74) is 8.08. The molecule has 1 aliphatic heterocycles. The van der Waals surface area contributed by atoms with E-state index in [-0.39, 0.29) is 30.4 Å². The molecule has 1 aromatic heterocycles. The van der Waals surface area contributed by atoms with E-state index in [1.165, 1.54) is 30.7 Å². The molecule has 3 aromatic rings. The second kappa shape index (κ2) is 13.9. The fraction of sp³-hybridized carbons (Fsp3) is 0.367. The third kappa shape index (κ3) is 7.69. The first-order valence-electron chi connectivity index (χ1n) is 13.6. The summed E-state index contributed by atoms with van der Waals surface area (Å²) in [6.45, 7) is 4.01. The molecule has 0 fully saturated rings. The van der Waals surface area contributed by atoms with Crippen LogP contribution in [0.15, 0.2) is 59.0 Å². The van der Waals surface area contributed by atoms with E-state index in [4.69, 9.17) is 20.3 Å². The highest BCUT2D eigenvalue weighted by atomic mass is 19.1. The number of fused-ring (bicyclic) bond motifs is 1. The van der Waals surface area contributed by atoms with Gasteiger partial charge < -0.3 is 35.6 Å². The van der Waals surface area contributed by atoms with E-state index in [1.807, 2.05) is 0 Å². The molecule has 0 bridgehead atoms. The number of aliphatic hydroxyl groups is 1. The molecule has 2 unspecified atom stereocenters. The van der Waals surface area contributed by atoms with Gasteiger partial charge in [0.1, 0.15) is 24.5 Å². The summed E-state index contributed by atoms with van der Waals surface area (Å²) in [6, 6.07) is 5.56. The molecular weight excluding hydrogens is 532 g/mol. The minimum atomic E-state index is -1.10. The number of carbonyl (C=O) groups is 1. The van der Waals surface area contributed by atoms with Gasteiger partial charge in [-0.05, 0) is 61.6 Å². The number of allylic oxidation sites excluding steroid dienone is 2. The van der Waals surface area contributed by atoms with Crippen LogP contribution in [-0.2, 0) is 6.42 Å². The molecule has 0 spiro atoms. The number of carbonyl (C=O) groups excluding carboxylic acids is 1. The fourth-order valence-electron chi connectivity index (χ4n) is 4.83. The number of ether oxygens (including phenoxy) is 1. The number of aliphatic hydroxyl groups excluding tert-OH is 1. The standard InChI is InChI=1S/C30H35F2N5O4/c1-2-3-9-37-10-12-40-28-24(30-35-8-11-41-30)16-20(17-26(28)37)29(39)36-25(27(38)5-4-23(34)6-7-33)15-19-13-21(31)18-22(32)14-19/h6-8,11,13-14,16-18,25,27,33,38H,2-5,9-10,12,15,34H2,1H3,(H,36,39)/b23-6-,33-7?. The van der Waals surface area contributed by atoms with Gasteiger partial charge in [-0.3, -0.25) is 4.79 Å². The number of hydrogen-bond donors (Lipinski definition) is 4. The predicted molar refractivity (Wildman–Crippen MR) is 152 cm³/mol. The Morgan fingerprint density at radius 2 is 2.05 bits per heavy atom. The van der Waals surface area contributed by atoms with Gasteiger partial charge in [-0.15, -0.1) is 0 Å². The Balaban J connectivity index is 1.66. The van der Waals surface area contributed by atoms with E-state index < -0.39 is 29.7 Å². The van der Waals surface area contributed by atoms with Crippen molar-refractivity contribution in [2.75, 3.05) is 24.6 Å². The number of aromatic nitrogens is 1. The Bertz CT molecular complexity index is 1360. The fourth-order valence-corrected chi connectivity index (χ4v) is 4.83. The van der Waals surface area contributed by atoms with Crippen molar-refractivity contribution in [3.05, 3.63) is 77.3 Å². The quantitative estimate of drug-likeness (QED) is 0.222. The molecule has 11 heteroatoms. The minimum absolute atomic E-state index is 0.0287. The topological polar surface area (TPSA) is 138 Å². The number of nitrogens with one attached hydrogen (secondary N) is 2. The highest BCUT2D eigenvalue weighted by Gasteiger charge is 2.28. The maximum Gasteiger partial charge on any atom is 0.251 e. The molecular formula is C30H35F2N5O4. The van der Waals surface area contributed by atoms with Gasteiger partial charge in [0.25, 0.3) is 5.91 Å². The first-order valence-corrected chi connectivity index (χ1v) is 13.6. The molecule has 1 amide bonds. The van der Waals surface area contributed by atoms with Crippen molar-refractivity contribution in [1.29, 1.82) is 5.41 Å². The summed E-state index contributed by atoms with van der Waals surface area (Å²) in [5, 5.41) is 21.1. The molecule has 0 saturated heterocycles. The van der Waals surface area contributed by atoms with E-state index in [2.05, 4.69) is 22.1 Å². The van der Waals surface area contributed by atoms with Crippen LogP contribution in [0.5, 0.6) is 5.75 Å². The lowest BCUT2D eigenvalue weighted by Crippen LogP contribution is -2.45. The number of nitrogens with zero attached hydrogens (tertiary/aromatic N) is 2. The Hall–Kier alpha value is -4.25. The first kappa shape index (κ1) is 29.7. The Morgan fingerprint density at radius 1 is 1.27 bits per heavy atom. The van der Waals surface area contributed by atoms with Crippen LogP contribution in [0.1, 0.15) is 48.5 Å². The van der Waals surface area contributed by atoms with Crippen molar-refractivity contribution >= 4 is 17.8 Å². The molecule has 9 nitrogen and oxygen atoms in total. The summed E-state index contributed by atoms with van der Waals surface area (Å²) < 4.78 is 39.4. The van der Waals surface area contributed by atoms with E-state index in [9.17, 15) is 18.7 Å². The summed E-state index contributed by atoms with van der Waals surface area (Å²) in [6.07, 6.45) is 6.65. The number of unbranched alkanes of at least 4 members (excludes halogenated alkanes) is 1. The normalized spacial score (nSPS) is 14.6. The molecule has 2 heterocycles. The van der Waals surface area contributed by atoms with Gasteiger partial charge in [-0.2, -0.15) is 0 Å². The average Bonchev–Trinajstić information content (AvgIpc) is 3.48. The Morgan fingerprint density at radius 3 is 2.73 bits per heavy atom. The molecule has 4 rings (SSSR count). The van der Waals surface area contributed by atoms with Crippen LogP contribution < -0.4 is 20.7 Å². The number of nitrogens with two attached hydrogens (primary N) is 1. The number of benzene rings is 2. The van der Waals surface area contributed by atoms with Crippen LogP contribution in [0.3, 0.4) is 0 Å². The third-order valence-electron chi connectivity index (χ3n) is 6.91. The highest BCUT2D eigenvalue weighted by molar-refractivity contribution is 5.98. The van der Waals surface area contributed by atoms with Gasteiger partial charge in [0, 0.05) is 30.1 Å². The first-order chi connectivity index (χ1) is 19.8. The van der Waals surface area contributed by atoms with Gasteiger partial charge in [0.05, 0.1) is 36.1 Å². The highest BCUT2D eigenvalue weighted by Crippen LogP contribution is 2.41. The predicted octanol–water partition coefficient (Wildman–Crippen LogP) is 4.59. The SMILES string of the molecule is CCCCN1CCOc2c(-c3ncco3)cc(C(=O)NC(Cc3cc(F)cc(F)c3)C(O)CC/C(N)=C/C=N)cc21. The zero-order chi connectivity index (χ0) is 29.4. The van der Waals surface area contributed by atoms with Crippen LogP contribution >= 0.6 is 0 Å². The molecule has 2 aromatic carbocycles. The second-order valence-corrected chi connectivity index (χ2v) is 9.97. The van der Waals surface area contributed by atoms with Gasteiger partial charge in [-0.1, -0.05) is 13.3 Å². The number of oxazole rings is 1. The van der Waals surface area contributed by atoms with Crippen LogP contribution in [0, 0.1) is 17.0 Å². The summed E-state index contributed by atoms with van der Waals surface area (Å²) in [5.74, 6) is -1.13. The summed E-state index contributed by atoms with van der Waals surface area (Å²) >= 11 is 0. The molecule has 218 valence electrons. The van der Waals surface area contributed by atoms with Crippen LogP contribution in [0.25, 0.3) is 11.5 Å². The van der Waals surface area contributed by atoms with Gasteiger partial charge in [0.2, 0.25) is 5.89 Å². The number of hydrogen-bond acceptors (Lipinski definition) is 8. The molecule has 0 aliphatic carbocycles. The van der Waals surface area contributed by atoms with Gasteiger partial charge in [-0.25, -0.2) is 13.8 Å². The van der Waals surface area contributed by atoms with Crippen molar-refractivity contribution in [3.63, 3.8) is 0 Å². The lowest BCUT2D eigenvalue weighted by molar-refractivity contribution is 0.0814. The minimum Gasteiger partial charge on any atom is -0.489 e. The van der Waals surface area contributed by atoms with E-state index >= 15 is 0 Å². The smallest absolute Gasteiger partial charge is 0.251 e. The zero-order valence-corrected chi connectivity index (χ0v) is 22.9. The Labute approximate surface area is 237 Å². The average molecular weight is 568 g/mol. The molecule has 41 heavy (non-hydrogen) atoms. The zero-order valence-electron chi connectivity index (χ0n) is 22.9. The van der Waals surface area contributed by atoms with E-state index in [0.717, 1.165) is 37.4 Å². The number of anilines is 1. The van der Waals surface area contributed by atoms with Crippen molar-refractivity contribution in [2.45, 2.75) is 51.2 Å². The van der Waals surface area contributed by atoms with E-state index in [0.29, 0.717) is 36.1 Å². The summed E-state index contributed by atoms with van der Waals surface area (Å²) in [7, 11) is 0. The molecule has 0 radical (unpaired) electrons. The second-order valence-electron chi connectivity index (χ2n) is 9.97. The van der Waals surface area contributed by atoms with Gasteiger partial charge >= 0.3 is 0 Å². The molecule has 5 N–H and O–H groups in total. The van der Waals surface area contributed by atoms with Crippen molar-refractivity contribution in [2.24, 2.45) is 5.73 Å². The molecule has 1 aliphatic rings. The Kier molecular flexibility index (Phi) is 10.1. The van der Waals surface area contributed by atoms with E-state index in [1.54, 1.807) is 12.1 Å². The number of amides is 1. The van der Waals surface area contributed by atoms with Gasteiger partial charge in [0.15, 0.2) is 5.75 Å². The van der Waals surface area contributed by atoms with Crippen LogP contribution in [0.2, 0.25) is 0 Å². The van der Waals surface area contributed by atoms with Crippen LogP contribution in [0.4, 0.5) is 14.5 Å². The maximum atomic E-state index is 13.9. The maximum absolute atomic E-state index is 13.9. The van der Waals surface area contributed by atoms with Crippen LogP contribution in [-0.4, -0.2) is 54.1 Å². The molecule has 2 atom stereocenters. The molecule has 0 saturated carbocycles. The third-order valence-corrected chi connectivity index (χ3v) is 6.91. The lowest BCUT2D eigenvalue weighted by atomic mass is 9.96.